The van der Waals surface area contributed by atoms with Gasteiger partial charge >= 0.3 is 91.6 Å². The Morgan fingerprint density at radius 1 is 1.00 bits per heavy atom. The Balaban J connectivity index is 3.95. The van der Waals surface area contributed by atoms with Crippen molar-refractivity contribution >= 4 is 19.6 Å². The van der Waals surface area contributed by atoms with Gasteiger partial charge in [-0.25, -0.2) is 0 Å². The molecular weight excluding hydrogens is 272 g/mol. The van der Waals surface area contributed by atoms with Gasteiger partial charge in [-0.1, -0.05) is 0 Å². The zero-order chi connectivity index (χ0) is 10.3. The summed E-state index contributed by atoms with van der Waals surface area (Å²) in [5.74, 6) is 1.80. The summed E-state index contributed by atoms with van der Waals surface area (Å²) < 4.78 is 5.61. The molecule has 0 amide bonds. The van der Waals surface area contributed by atoms with Crippen LogP contribution >= 0.6 is 0 Å². The Morgan fingerprint density at radius 3 is 1.77 bits per heavy atom. The van der Waals surface area contributed by atoms with Gasteiger partial charge in [0.25, 0.3) is 0 Å². The summed E-state index contributed by atoms with van der Waals surface area (Å²) in [6.45, 7) is 11.7. The second-order valence-electron chi connectivity index (χ2n) is 4.44. The van der Waals surface area contributed by atoms with Crippen molar-refractivity contribution in [1.29, 1.82) is 0 Å². The summed E-state index contributed by atoms with van der Waals surface area (Å²) in [6.07, 6.45) is 3.61. The first kappa shape index (κ1) is 13.5. The maximum atomic E-state index is 2.59. The molecule has 0 aromatic rings. The third-order valence-corrected chi connectivity index (χ3v) is 9.52. The van der Waals surface area contributed by atoms with Crippen molar-refractivity contribution < 1.29 is 0 Å². The van der Waals surface area contributed by atoms with Gasteiger partial charge < -0.3 is 0 Å². The topological polar surface area (TPSA) is 0 Å². The Kier molecular flexibility index (Phi) is 8.21. The molecule has 0 aromatic heterocycles. The van der Waals surface area contributed by atoms with E-state index in [1.54, 1.807) is 0 Å². The van der Waals surface area contributed by atoms with E-state index >= 15 is 0 Å². The van der Waals surface area contributed by atoms with Gasteiger partial charge in [-0.05, 0) is 0 Å². The fourth-order valence-electron chi connectivity index (χ4n) is 1.27. The second kappa shape index (κ2) is 7.89. The quantitative estimate of drug-likeness (QED) is 0.641. The molecule has 0 unspecified atom stereocenters. The van der Waals surface area contributed by atoms with Gasteiger partial charge in [-0.15, -0.1) is 0 Å². The third kappa shape index (κ3) is 8.85. The van der Waals surface area contributed by atoms with Crippen LogP contribution < -0.4 is 0 Å². The van der Waals surface area contributed by atoms with E-state index in [2.05, 4.69) is 44.8 Å². The Labute approximate surface area is 91.4 Å². The van der Waals surface area contributed by atoms with Crippen molar-refractivity contribution in [1.82, 2.24) is 0 Å². The van der Waals surface area contributed by atoms with Crippen molar-refractivity contribution in [3.8, 4) is 0 Å². The Hall–Kier alpha value is 0.530. The van der Waals surface area contributed by atoms with Gasteiger partial charge in [-0.2, -0.15) is 0 Å². The van der Waals surface area contributed by atoms with Crippen molar-refractivity contribution in [2.75, 3.05) is 0 Å². The molecule has 78 valence electrons. The molecule has 0 aliphatic carbocycles. The average Bonchev–Trinajstić information content (AvgIpc) is 1.98. The summed E-state index contributed by atoms with van der Waals surface area (Å²) in [5.41, 5.74) is 0. The normalized spacial score (nSPS) is 12.6. The first-order valence-corrected chi connectivity index (χ1v) is 10.0. The molecule has 0 aromatic carbocycles. The molecular formula is C12H25Te+. The molecule has 0 saturated heterocycles. The molecule has 0 fully saturated rings. The summed E-state index contributed by atoms with van der Waals surface area (Å²) in [4.78, 5) is 0. The fourth-order valence-corrected chi connectivity index (χ4v) is 8.50. The number of hydrogen-bond acceptors (Lipinski definition) is 0. The van der Waals surface area contributed by atoms with Crippen LogP contribution in [0.5, 0.6) is 0 Å². The van der Waals surface area contributed by atoms with Crippen LogP contribution in [0.2, 0.25) is 8.94 Å². The molecule has 0 aliphatic rings. The monoisotopic (exact) mass is 299 g/mol. The van der Waals surface area contributed by atoms with E-state index in [0.717, 1.165) is 11.8 Å². The van der Waals surface area contributed by atoms with Gasteiger partial charge in [0, 0.05) is 0 Å². The predicted octanol–water partition coefficient (Wildman–Crippen LogP) is 4.30. The van der Waals surface area contributed by atoms with Gasteiger partial charge in [0.2, 0.25) is 0 Å². The van der Waals surface area contributed by atoms with Crippen LogP contribution in [0.4, 0.5) is 0 Å². The zero-order valence-corrected chi connectivity index (χ0v) is 12.2. The molecule has 0 rings (SSSR count). The minimum atomic E-state index is -0.851. The van der Waals surface area contributed by atoms with E-state index in [9.17, 15) is 0 Å². The summed E-state index contributed by atoms with van der Waals surface area (Å²) >= 11 is -0.851. The van der Waals surface area contributed by atoms with Crippen LogP contribution in [0.3, 0.4) is 0 Å². The summed E-state index contributed by atoms with van der Waals surface area (Å²) in [5, 5.41) is 0. The Morgan fingerprint density at radius 2 is 1.46 bits per heavy atom. The van der Waals surface area contributed by atoms with Crippen molar-refractivity contribution in [3.05, 3.63) is 10.2 Å². The van der Waals surface area contributed by atoms with E-state index in [4.69, 9.17) is 0 Å². The molecule has 0 spiro atoms. The molecule has 1 heteroatoms. The van der Waals surface area contributed by atoms with Gasteiger partial charge in [-0.3, -0.25) is 0 Å². The van der Waals surface area contributed by atoms with Crippen molar-refractivity contribution in [2.45, 2.75) is 50.0 Å². The summed E-state index contributed by atoms with van der Waals surface area (Å²) in [6, 6.07) is 0. The molecule has 0 atom stereocenters. The first-order chi connectivity index (χ1) is 6.06. The van der Waals surface area contributed by atoms with Crippen LogP contribution in [-0.4, -0.2) is 19.6 Å². The van der Waals surface area contributed by atoms with Crippen LogP contribution in [0.25, 0.3) is 0 Å². The first-order valence-electron chi connectivity index (χ1n) is 5.39. The molecule has 0 saturated carbocycles. The van der Waals surface area contributed by atoms with E-state index in [1.807, 2.05) is 0 Å². The van der Waals surface area contributed by atoms with E-state index in [0.29, 0.717) is 0 Å². The van der Waals surface area contributed by atoms with E-state index in [-0.39, 0.29) is 0 Å². The predicted molar refractivity (Wildman–Crippen MR) is 64.5 cm³/mol. The SMILES string of the molecule is CC/C=C/[Te+](CC(C)C)CC(C)C. The average molecular weight is 297 g/mol. The molecule has 0 radical (unpaired) electrons. The van der Waals surface area contributed by atoms with Gasteiger partial charge in [0.05, 0.1) is 0 Å². The van der Waals surface area contributed by atoms with Crippen molar-refractivity contribution in [3.63, 3.8) is 0 Å². The number of allylic oxidation sites excluding steroid dienone is 1. The molecule has 0 aliphatic heterocycles. The van der Waals surface area contributed by atoms with Crippen LogP contribution in [0.15, 0.2) is 10.2 Å². The summed E-state index contributed by atoms with van der Waals surface area (Å²) in [7, 11) is 0. The van der Waals surface area contributed by atoms with Crippen LogP contribution in [0, 0.1) is 11.8 Å². The molecule has 0 nitrogen and oxygen atoms in total. The number of rotatable bonds is 6. The van der Waals surface area contributed by atoms with Gasteiger partial charge in [0.15, 0.2) is 0 Å². The second-order valence-corrected chi connectivity index (χ2v) is 10.2. The van der Waals surface area contributed by atoms with Gasteiger partial charge in [0.1, 0.15) is 0 Å². The zero-order valence-electron chi connectivity index (χ0n) is 9.84. The number of hydrogen-bond donors (Lipinski definition) is 0. The third-order valence-electron chi connectivity index (χ3n) is 1.62. The maximum absolute atomic E-state index is 2.59. The molecule has 0 heterocycles. The fraction of sp³-hybridized carbons (Fsp3) is 0.833. The molecule has 13 heavy (non-hydrogen) atoms. The standard InChI is InChI=1S/C12H25Te/c1-6-7-8-13(9-11(2)3)10-12(4)5/h7-8,11-12H,6,9-10H2,1-5H3/q+1/b8-7+. The van der Waals surface area contributed by atoms with Crippen LogP contribution in [0.1, 0.15) is 41.0 Å². The molecule has 0 bridgehead atoms. The molecule has 0 N–H and O–H groups in total. The van der Waals surface area contributed by atoms with E-state index < -0.39 is 19.6 Å². The minimum absolute atomic E-state index is 0.851. The van der Waals surface area contributed by atoms with E-state index in [1.165, 1.54) is 15.4 Å². The Bertz CT molecular complexity index is 126. The van der Waals surface area contributed by atoms with Crippen LogP contribution in [-0.2, 0) is 0 Å². The van der Waals surface area contributed by atoms with Crippen molar-refractivity contribution in [2.24, 2.45) is 11.8 Å².